The number of benzene rings is 3. The second kappa shape index (κ2) is 5.79. The van der Waals surface area contributed by atoms with Crippen LogP contribution in [0.4, 0.5) is 0 Å². The van der Waals surface area contributed by atoms with Crippen molar-refractivity contribution in [2.45, 2.75) is 26.3 Å². The van der Waals surface area contributed by atoms with Crippen molar-refractivity contribution in [3.8, 4) is 16.9 Å². The Morgan fingerprint density at radius 2 is 1.75 bits per heavy atom. The largest absolute Gasteiger partial charge is 0.496 e. The van der Waals surface area contributed by atoms with Gasteiger partial charge < -0.3 is 4.74 Å². The molecule has 0 N–H and O–H groups in total. The molecule has 0 amide bonds. The third-order valence-corrected chi connectivity index (χ3v) is 4.85. The van der Waals surface area contributed by atoms with Crippen LogP contribution >= 0.6 is 0 Å². The van der Waals surface area contributed by atoms with Crippen molar-refractivity contribution < 1.29 is 4.74 Å². The Bertz CT molecular complexity index is 950. The molecule has 1 aliphatic heterocycles. The molecule has 0 fully saturated rings. The van der Waals surface area contributed by atoms with Crippen molar-refractivity contribution in [2.24, 2.45) is 4.99 Å². The zero-order valence-corrected chi connectivity index (χ0v) is 14.3. The maximum Gasteiger partial charge on any atom is 0.128 e. The Hall–Kier alpha value is -2.61. The molecule has 0 aromatic heterocycles. The number of rotatable bonds is 2. The minimum Gasteiger partial charge on any atom is -0.496 e. The summed E-state index contributed by atoms with van der Waals surface area (Å²) in [6.07, 6.45) is 0.947. The Morgan fingerprint density at radius 1 is 0.958 bits per heavy atom. The quantitative estimate of drug-likeness (QED) is 0.631. The van der Waals surface area contributed by atoms with Crippen molar-refractivity contribution in [3.63, 3.8) is 0 Å². The van der Waals surface area contributed by atoms with E-state index in [1.807, 2.05) is 0 Å². The van der Waals surface area contributed by atoms with E-state index < -0.39 is 0 Å². The molecule has 0 spiro atoms. The molecule has 4 rings (SSSR count). The molecule has 1 atom stereocenters. The van der Waals surface area contributed by atoms with Gasteiger partial charge in [0, 0.05) is 11.3 Å². The van der Waals surface area contributed by atoms with Crippen molar-refractivity contribution in [1.82, 2.24) is 0 Å². The summed E-state index contributed by atoms with van der Waals surface area (Å²) in [5, 5.41) is 2.56. The van der Waals surface area contributed by atoms with Gasteiger partial charge in [-0.25, -0.2) is 0 Å². The van der Waals surface area contributed by atoms with E-state index in [0.717, 1.165) is 17.9 Å². The van der Waals surface area contributed by atoms with E-state index in [4.69, 9.17) is 9.73 Å². The molecule has 3 aromatic rings. The van der Waals surface area contributed by atoms with Gasteiger partial charge in [0.15, 0.2) is 0 Å². The smallest absolute Gasteiger partial charge is 0.128 e. The van der Waals surface area contributed by atoms with E-state index in [9.17, 15) is 0 Å². The molecule has 2 heteroatoms. The molecule has 1 aliphatic rings. The monoisotopic (exact) mass is 315 g/mol. The van der Waals surface area contributed by atoms with E-state index in [1.165, 1.54) is 33.0 Å². The first-order valence-electron chi connectivity index (χ1n) is 8.42. The van der Waals surface area contributed by atoms with Crippen molar-refractivity contribution in [3.05, 3.63) is 65.7 Å². The second-order valence-corrected chi connectivity index (χ2v) is 6.46. The van der Waals surface area contributed by atoms with E-state index in [2.05, 4.69) is 68.4 Å². The number of hydrogen-bond donors (Lipinski definition) is 0. The Balaban J connectivity index is 2.03. The van der Waals surface area contributed by atoms with Crippen molar-refractivity contribution in [2.75, 3.05) is 7.11 Å². The molecule has 0 bridgehead atoms. The zero-order valence-electron chi connectivity index (χ0n) is 14.3. The van der Waals surface area contributed by atoms with Gasteiger partial charge in [-0.05, 0) is 53.8 Å². The van der Waals surface area contributed by atoms with Crippen LogP contribution in [0.3, 0.4) is 0 Å². The van der Waals surface area contributed by atoms with Crippen LogP contribution in [0, 0.1) is 0 Å². The van der Waals surface area contributed by atoms with Gasteiger partial charge >= 0.3 is 0 Å². The summed E-state index contributed by atoms with van der Waals surface area (Å²) in [6.45, 7) is 4.27. The van der Waals surface area contributed by atoms with Gasteiger partial charge in [0.1, 0.15) is 5.75 Å². The lowest BCUT2D eigenvalue weighted by Gasteiger charge is -2.25. The molecule has 120 valence electrons. The maximum atomic E-state index is 5.62. The zero-order chi connectivity index (χ0) is 16.7. The second-order valence-electron chi connectivity index (χ2n) is 6.46. The van der Waals surface area contributed by atoms with Gasteiger partial charge in [0.25, 0.3) is 0 Å². The number of fused-ring (bicyclic) bond motifs is 2. The van der Waals surface area contributed by atoms with Crippen LogP contribution in [-0.2, 0) is 6.42 Å². The summed E-state index contributed by atoms with van der Waals surface area (Å²) in [5.41, 5.74) is 6.17. The first-order valence-corrected chi connectivity index (χ1v) is 8.42. The molecular formula is C22H21NO. The molecule has 0 unspecified atom stereocenters. The lowest BCUT2D eigenvalue weighted by Crippen LogP contribution is -2.18. The molecule has 0 radical (unpaired) electrons. The average Bonchev–Trinajstić information content (AvgIpc) is 2.60. The fourth-order valence-electron chi connectivity index (χ4n) is 3.85. The molecule has 0 saturated heterocycles. The van der Waals surface area contributed by atoms with Gasteiger partial charge in [-0.2, -0.15) is 0 Å². The van der Waals surface area contributed by atoms with E-state index in [1.54, 1.807) is 7.11 Å². The summed E-state index contributed by atoms with van der Waals surface area (Å²) in [7, 11) is 1.73. The first kappa shape index (κ1) is 14.9. The fraction of sp³-hybridized carbons (Fsp3) is 0.227. The van der Waals surface area contributed by atoms with E-state index >= 15 is 0 Å². The van der Waals surface area contributed by atoms with Crippen molar-refractivity contribution in [1.29, 1.82) is 0 Å². The molecular weight excluding hydrogens is 294 g/mol. The normalized spacial score (nSPS) is 16.6. The van der Waals surface area contributed by atoms with E-state index in [0.29, 0.717) is 6.04 Å². The standard InChI is InChI=1S/C22H21NO/c1-14-13-20-19(11-12-21(24-3)22(20)15(2)23-14)18-10-6-8-16-7-4-5-9-17(16)18/h4-12,14H,13H2,1-3H3/t14-/m1/s1. The Labute approximate surface area is 142 Å². The molecule has 3 aromatic carbocycles. The van der Waals surface area contributed by atoms with Gasteiger partial charge in [-0.3, -0.25) is 4.99 Å². The summed E-state index contributed by atoms with van der Waals surface area (Å²) in [5.74, 6) is 0.919. The topological polar surface area (TPSA) is 21.6 Å². The summed E-state index contributed by atoms with van der Waals surface area (Å²) in [4.78, 5) is 4.77. The predicted octanol–water partition coefficient (Wildman–Crippen LogP) is 5.27. The molecule has 0 saturated carbocycles. The highest BCUT2D eigenvalue weighted by Crippen LogP contribution is 2.38. The van der Waals surface area contributed by atoms with Gasteiger partial charge in [-0.15, -0.1) is 0 Å². The Morgan fingerprint density at radius 3 is 2.58 bits per heavy atom. The van der Waals surface area contributed by atoms with Crippen LogP contribution in [0.25, 0.3) is 21.9 Å². The number of hydrogen-bond acceptors (Lipinski definition) is 2. The van der Waals surface area contributed by atoms with E-state index in [-0.39, 0.29) is 0 Å². The predicted molar refractivity (Wildman–Crippen MR) is 101 cm³/mol. The van der Waals surface area contributed by atoms with Crippen molar-refractivity contribution >= 4 is 16.5 Å². The maximum absolute atomic E-state index is 5.62. The number of nitrogens with zero attached hydrogens (tertiary/aromatic N) is 1. The molecule has 1 heterocycles. The number of aliphatic imine (C=N–C) groups is 1. The lowest BCUT2D eigenvalue weighted by atomic mass is 9.85. The highest BCUT2D eigenvalue weighted by atomic mass is 16.5. The Kier molecular flexibility index (Phi) is 3.61. The van der Waals surface area contributed by atoms with Gasteiger partial charge in [0.2, 0.25) is 0 Å². The van der Waals surface area contributed by atoms with Crippen LogP contribution in [0.15, 0.2) is 59.6 Å². The lowest BCUT2D eigenvalue weighted by molar-refractivity contribution is 0.413. The third-order valence-electron chi connectivity index (χ3n) is 4.85. The minimum absolute atomic E-state index is 0.304. The highest BCUT2D eigenvalue weighted by Gasteiger charge is 2.23. The van der Waals surface area contributed by atoms with Crippen LogP contribution < -0.4 is 4.74 Å². The SMILES string of the molecule is COc1ccc(-c2cccc3ccccc23)c2c1C(C)=N[C@H](C)C2. The van der Waals surface area contributed by atoms with Gasteiger partial charge in [-0.1, -0.05) is 48.5 Å². The van der Waals surface area contributed by atoms with Crippen LogP contribution in [-0.4, -0.2) is 18.9 Å². The molecule has 0 aliphatic carbocycles. The summed E-state index contributed by atoms with van der Waals surface area (Å²) >= 11 is 0. The third kappa shape index (κ3) is 2.30. The fourth-order valence-corrected chi connectivity index (χ4v) is 3.85. The summed E-state index contributed by atoms with van der Waals surface area (Å²) in [6, 6.07) is 19.7. The highest BCUT2D eigenvalue weighted by molar-refractivity contribution is 6.06. The number of ether oxygens (including phenoxy) is 1. The van der Waals surface area contributed by atoms with Crippen LogP contribution in [0.2, 0.25) is 0 Å². The number of methoxy groups -OCH3 is 1. The minimum atomic E-state index is 0.304. The van der Waals surface area contributed by atoms with Crippen LogP contribution in [0.5, 0.6) is 5.75 Å². The average molecular weight is 315 g/mol. The molecule has 24 heavy (non-hydrogen) atoms. The van der Waals surface area contributed by atoms with Crippen LogP contribution in [0.1, 0.15) is 25.0 Å². The van der Waals surface area contributed by atoms with Gasteiger partial charge in [0.05, 0.1) is 13.2 Å². The molecule has 2 nitrogen and oxygen atoms in total. The summed E-state index contributed by atoms with van der Waals surface area (Å²) < 4.78 is 5.62. The first-order chi connectivity index (χ1) is 11.7.